The van der Waals surface area contributed by atoms with Crippen molar-refractivity contribution in [2.45, 2.75) is 57.5 Å². The van der Waals surface area contributed by atoms with Crippen LogP contribution in [0.15, 0.2) is 0 Å². The minimum Gasteiger partial charge on any atom is -0.372 e. The van der Waals surface area contributed by atoms with Crippen LogP contribution < -0.4 is 5.32 Å². The van der Waals surface area contributed by atoms with Gasteiger partial charge in [-0.1, -0.05) is 13.8 Å². The van der Waals surface area contributed by atoms with Crippen LogP contribution in [0.4, 0.5) is 0 Å². The normalized spacial score (nSPS) is 31.1. The number of hydrogen-bond donors (Lipinski definition) is 1. The zero-order valence-corrected chi connectivity index (χ0v) is 14.5. The van der Waals surface area contributed by atoms with E-state index in [2.05, 4.69) is 49.7 Å². The molecule has 2 atom stereocenters. The van der Waals surface area contributed by atoms with Gasteiger partial charge in [0.15, 0.2) is 0 Å². The van der Waals surface area contributed by atoms with Crippen LogP contribution in [-0.4, -0.2) is 60.3 Å². The average Bonchev–Trinajstić information content (AvgIpc) is 2.75. The van der Waals surface area contributed by atoms with Crippen LogP contribution in [-0.2, 0) is 4.74 Å². The van der Waals surface area contributed by atoms with Gasteiger partial charge in [-0.05, 0) is 39.2 Å². The third-order valence-electron chi connectivity index (χ3n) is 4.09. The van der Waals surface area contributed by atoms with Gasteiger partial charge in [0.1, 0.15) is 0 Å². The molecular formula is C16H32N2OS. The van der Waals surface area contributed by atoms with E-state index in [9.17, 15) is 0 Å². The summed E-state index contributed by atoms with van der Waals surface area (Å²) in [6.07, 6.45) is 3.35. The van der Waals surface area contributed by atoms with Gasteiger partial charge in [0.2, 0.25) is 0 Å². The zero-order valence-electron chi connectivity index (χ0n) is 13.7. The topological polar surface area (TPSA) is 24.5 Å². The van der Waals surface area contributed by atoms with Gasteiger partial charge in [0.25, 0.3) is 0 Å². The van der Waals surface area contributed by atoms with Crippen LogP contribution in [0.2, 0.25) is 0 Å². The Hall–Kier alpha value is 0.230. The molecule has 2 aliphatic rings. The Morgan fingerprint density at radius 1 is 1.30 bits per heavy atom. The minimum absolute atomic E-state index is 0.412. The third-order valence-corrected chi connectivity index (χ3v) is 5.38. The fourth-order valence-electron chi connectivity index (χ4n) is 3.16. The molecule has 0 aromatic rings. The highest BCUT2D eigenvalue weighted by Crippen LogP contribution is 2.30. The lowest BCUT2D eigenvalue weighted by Crippen LogP contribution is -2.46. The second-order valence-corrected chi connectivity index (χ2v) is 9.15. The minimum atomic E-state index is 0.412. The second kappa shape index (κ2) is 7.48. The molecule has 0 amide bonds. The molecule has 2 unspecified atom stereocenters. The Labute approximate surface area is 129 Å². The van der Waals surface area contributed by atoms with Gasteiger partial charge in [-0.15, -0.1) is 0 Å². The van der Waals surface area contributed by atoms with E-state index in [1.54, 1.807) is 0 Å². The van der Waals surface area contributed by atoms with Crippen molar-refractivity contribution in [1.29, 1.82) is 0 Å². The van der Waals surface area contributed by atoms with Crippen molar-refractivity contribution in [3.05, 3.63) is 0 Å². The van der Waals surface area contributed by atoms with E-state index < -0.39 is 0 Å². The van der Waals surface area contributed by atoms with Gasteiger partial charge < -0.3 is 10.1 Å². The first-order valence-electron chi connectivity index (χ1n) is 8.17. The lowest BCUT2D eigenvalue weighted by molar-refractivity contribution is 0.0224. The molecule has 0 radical (unpaired) electrons. The van der Waals surface area contributed by atoms with Crippen molar-refractivity contribution in [2.75, 3.05) is 38.5 Å². The highest BCUT2D eigenvalue weighted by atomic mass is 32.2. The monoisotopic (exact) mass is 300 g/mol. The first kappa shape index (κ1) is 16.6. The Morgan fingerprint density at radius 3 is 2.75 bits per heavy atom. The average molecular weight is 301 g/mol. The largest absolute Gasteiger partial charge is 0.372 e. The zero-order chi connectivity index (χ0) is 14.6. The van der Waals surface area contributed by atoms with Gasteiger partial charge in [-0.3, -0.25) is 4.90 Å². The van der Waals surface area contributed by atoms with Gasteiger partial charge >= 0.3 is 0 Å². The van der Waals surface area contributed by atoms with E-state index in [1.165, 1.54) is 31.7 Å². The van der Waals surface area contributed by atoms with Crippen molar-refractivity contribution >= 4 is 11.8 Å². The molecule has 20 heavy (non-hydrogen) atoms. The predicted octanol–water partition coefficient (Wildman–Crippen LogP) is 2.61. The maximum absolute atomic E-state index is 6.20. The van der Waals surface area contributed by atoms with Crippen LogP contribution in [0.5, 0.6) is 0 Å². The quantitative estimate of drug-likeness (QED) is 0.815. The molecule has 3 nitrogen and oxygen atoms in total. The summed E-state index contributed by atoms with van der Waals surface area (Å²) in [5.41, 5.74) is 0. The number of ether oxygens (including phenoxy) is 1. The lowest BCUT2D eigenvalue weighted by Gasteiger charge is -2.38. The summed E-state index contributed by atoms with van der Waals surface area (Å²) in [7, 11) is 0. The van der Waals surface area contributed by atoms with E-state index in [-0.39, 0.29) is 0 Å². The summed E-state index contributed by atoms with van der Waals surface area (Å²) in [5.74, 6) is 1.99. The first-order chi connectivity index (χ1) is 9.44. The number of nitrogens with zero attached hydrogens (tertiary/aromatic N) is 1. The molecule has 0 spiro atoms. The number of hydrogen-bond acceptors (Lipinski definition) is 4. The van der Waals surface area contributed by atoms with E-state index in [1.807, 2.05) is 0 Å². The Bertz CT molecular complexity index is 296. The van der Waals surface area contributed by atoms with E-state index in [0.717, 1.165) is 25.6 Å². The Kier molecular flexibility index (Phi) is 6.21. The third kappa shape index (κ3) is 5.55. The summed E-state index contributed by atoms with van der Waals surface area (Å²) < 4.78 is 6.61. The summed E-state index contributed by atoms with van der Waals surface area (Å²) in [6.45, 7) is 14.9. The van der Waals surface area contributed by atoms with Crippen LogP contribution in [0.3, 0.4) is 0 Å². The Balaban J connectivity index is 1.65. The summed E-state index contributed by atoms with van der Waals surface area (Å²) in [4.78, 5) is 2.60. The van der Waals surface area contributed by atoms with Crippen molar-refractivity contribution in [3.8, 4) is 0 Å². The molecule has 2 heterocycles. The summed E-state index contributed by atoms with van der Waals surface area (Å²) >= 11 is 2.10. The molecule has 2 aliphatic heterocycles. The maximum Gasteiger partial charge on any atom is 0.0707 e. The molecule has 0 aliphatic carbocycles. The standard InChI is InChI=1S/C16H32N2OS/c1-13(2)9-17-10-14-5-6-15(19-14)11-18-7-8-20-16(3,4)12-18/h13-15,17H,5-12H2,1-4H3. The molecule has 0 saturated carbocycles. The number of rotatable bonds is 6. The Morgan fingerprint density at radius 2 is 2.05 bits per heavy atom. The van der Waals surface area contributed by atoms with Crippen LogP contribution in [0.1, 0.15) is 40.5 Å². The molecular weight excluding hydrogens is 268 g/mol. The number of nitrogens with one attached hydrogen (secondary N) is 1. The highest BCUT2D eigenvalue weighted by Gasteiger charge is 2.31. The van der Waals surface area contributed by atoms with E-state index >= 15 is 0 Å². The fourth-order valence-corrected chi connectivity index (χ4v) is 4.33. The van der Waals surface area contributed by atoms with Gasteiger partial charge in [0.05, 0.1) is 12.2 Å². The molecule has 0 bridgehead atoms. The summed E-state index contributed by atoms with van der Waals surface area (Å²) in [5, 5.41) is 3.52. The van der Waals surface area contributed by atoms with Crippen molar-refractivity contribution in [1.82, 2.24) is 10.2 Å². The van der Waals surface area contributed by atoms with Crippen molar-refractivity contribution < 1.29 is 4.74 Å². The highest BCUT2D eigenvalue weighted by molar-refractivity contribution is 8.00. The predicted molar refractivity (Wildman–Crippen MR) is 88.6 cm³/mol. The second-order valence-electron chi connectivity index (χ2n) is 7.35. The molecule has 2 fully saturated rings. The molecule has 1 N–H and O–H groups in total. The first-order valence-corrected chi connectivity index (χ1v) is 9.16. The number of thioether (sulfide) groups is 1. The van der Waals surface area contributed by atoms with Gasteiger partial charge in [-0.2, -0.15) is 11.8 Å². The molecule has 0 aromatic heterocycles. The van der Waals surface area contributed by atoms with Gasteiger partial charge in [-0.25, -0.2) is 0 Å². The molecule has 2 saturated heterocycles. The smallest absolute Gasteiger partial charge is 0.0707 e. The molecule has 4 heteroatoms. The van der Waals surface area contributed by atoms with E-state index in [4.69, 9.17) is 4.74 Å². The molecule has 118 valence electrons. The van der Waals surface area contributed by atoms with Crippen LogP contribution >= 0.6 is 11.8 Å². The maximum atomic E-state index is 6.20. The van der Waals surface area contributed by atoms with Crippen LogP contribution in [0, 0.1) is 5.92 Å². The van der Waals surface area contributed by atoms with Crippen molar-refractivity contribution in [2.24, 2.45) is 5.92 Å². The van der Waals surface area contributed by atoms with E-state index in [0.29, 0.717) is 17.0 Å². The SMILES string of the molecule is CC(C)CNCC1CCC(CN2CCSC(C)(C)C2)O1. The lowest BCUT2D eigenvalue weighted by atomic mass is 10.1. The van der Waals surface area contributed by atoms with Crippen molar-refractivity contribution in [3.63, 3.8) is 0 Å². The molecule has 2 rings (SSSR count). The molecule has 0 aromatic carbocycles. The fraction of sp³-hybridized carbons (Fsp3) is 1.00. The van der Waals surface area contributed by atoms with Gasteiger partial charge in [0, 0.05) is 36.7 Å². The van der Waals surface area contributed by atoms with Crippen LogP contribution in [0.25, 0.3) is 0 Å². The summed E-state index contributed by atoms with van der Waals surface area (Å²) in [6, 6.07) is 0.